The van der Waals surface area contributed by atoms with Crippen molar-refractivity contribution in [2.75, 3.05) is 18.5 Å². The number of hydrogen-bond acceptors (Lipinski definition) is 3. The fraction of sp³-hybridized carbons (Fsp3) is 0.524. The Kier molecular flexibility index (Phi) is 4.91. The second kappa shape index (κ2) is 7.35. The number of aromatic nitrogens is 2. The Bertz CT molecular complexity index is 870. The van der Waals surface area contributed by atoms with E-state index in [4.69, 9.17) is 10.5 Å². The number of nitrogens with one attached hydrogen (secondary N) is 1. The molecule has 0 spiro atoms. The van der Waals surface area contributed by atoms with Crippen LogP contribution in [0.1, 0.15) is 47.0 Å². The van der Waals surface area contributed by atoms with E-state index in [1.54, 1.807) is 0 Å². The van der Waals surface area contributed by atoms with Crippen LogP contribution in [0.2, 0.25) is 0 Å². The van der Waals surface area contributed by atoms with Gasteiger partial charge in [-0.05, 0) is 62.8 Å². The van der Waals surface area contributed by atoms with Crippen LogP contribution in [-0.4, -0.2) is 28.9 Å². The summed E-state index contributed by atoms with van der Waals surface area (Å²) in [5.74, 6) is 0.796. The zero-order chi connectivity index (χ0) is 19.0. The van der Waals surface area contributed by atoms with Crippen LogP contribution in [0.3, 0.4) is 0 Å². The van der Waals surface area contributed by atoms with E-state index in [1.807, 2.05) is 18.7 Å². The van der Waals surface area contributed by atoms with Crippen molar-refractivity contribution in [1.82, 2.24) is 9.78 Å². The highest BCUT2D eigenvalue weighted by Gasteiger charge is 2.33. The van der Waals surface area contributed by atoms with Crippen LogP contribution in [0.15, 0.2) is 23.2 Å². The molecule has 0 unspecified atom stereocenters. The summed E-state index contributed by atoms with van der Waals surface area (Å²) in [7, 11) is 1.98. The van der Waals surface area contributed by atoms with Crippen molar-refractivity contribution in [3.63, 3.8) is 0 Å². The number of aryl methyl sites for hydroxylation is 4. The Morgan fingerprint density at radius 2 is 2.15 bits per heavy atom. The highest BCUT2D eigenvalue weighted by atomic mass is 16.5. The summed E-state index contributed by atoms with van der Waals surface area (Å²) in [4.78, 5) is 4.61. The van der Waals surface area contributed by atoms with Crippen molar-refractivity contribution in [3.8, 4) is 0 Å². The number of aliphatic imine (C=N–C) groups is 1. The maximum absolute atomic E-state index is 6.16. The summed E-state index contributed by atoms with van der Waals surface area (Å²) in [6.07, 6.45) is 4.64. The van der Waals surface area contributed by atoms with E-state index in [9.17, 15) is 0 Å². The van der Waals surface area contributed by atoms with Crippen LogP contribution in [0.5, 0.6) is 0 Å². The van der Waals surface area contributed by atoms with Gasteiger partial charge in [0.15, 0.2) is 5.96 Å². The first-order valence-electron chi connectivity index (χ1n) is 9.83. The average molecular weight is 367 g/mol. The Morgan fingerprint density at radius 1 is 1.33 bits per heavy atom. The van der Waals surface area contributed by atoms with Crippen molar-refractivity contribution in [1.29, 1.82) is 0 Å². The summed E-state index contributed by atoms with van der Waals surface area (Å²) in [5, 5.41) is 7.78. The van der Waals surface area contributed by atoms with Gasteiger partial charge in [0, 0.05) is 43.1 Å². The smallest absolute Gasteiger partial charge is 0.193 e. The molecule has 1 saturated heterocycles. The number of benzene rings is 1. The molecule has 144 valence electrons. The predicted octanol–water partition coefficient (Wildman–Crippen LogP) is 3.03. The Labute approximate surface area is 160 Å². The zero-order valence-electron chi connectivity index (χ0n) is 16.5. The van der Waals surface area contributed by atoms with Crippen LogP contribution in [0, 0.1) is 19.8 Å². The Balaban J connectivity index is 1.43. The third-order valence-corrected chi connectivity index (χ3v) is 5.93. The number of ether oxygens (including phenoxy) is 1. The van der Waals surface area contributed by atoms with Crippen LogP contribution >= 0.6 is 0 Å². The van der Waals surface area contributed by atoms with E-state index in [1.165, 1.54) is 29.5 Å². The average Bonchev–Trinajstić information content (AvgIpc) is 3.33. The van der Waals surface area contributed by atoms with Crippen LogP contribution in [0.4, 0.5) is 5.69 Å². The largest absolute Gasteiger partial charge is 0.373 e. The minimum absolute atomic E-state index is 0.0512. The van der Waals surface area contributed by atoms with Crippen molar-refractivity contribution in [2.45, 2.75) is 45.6 Å². The van der Waals surface area contributed by atoms with Gasteiger partial charge in [0.25, 0.3) is 0 Å². The van der Waals surface area contributed by atoms with Gasteiger partial charge in [-0.15, -0.1) is 0 Å². The van der Waals surface area contributed by atoms with Gasteiger partial charge in [-0.1, -0.05) is 6.07 Å². The van der Waals surface area contributed by atoms with Gasteiger partial charge in [0.1, 0.15) is 0 Å². The van der Waals surface area contributed by atoms with Crippen LogP contribution in [-0.2, 0) is 24.6 Å². The molecule has 1 fully saturated rings. The lowest BCUT2D eigenvalue weighted by Crippen LogP contribution is -2.24. The van der Waals surface area contributed by atoms with Crippen LogP contribution in [0.25, 0.3) is 0 Å². The van der Waals surface area contributed by atoms with E-state index in [0.29, 0.717) is 18.4 Å². The molecule has 2 aliphatic rings. The summed E-state index contributed by atoms with van der Waals surface area (Å²) in [6, 6.07) is 6.50. The fourth-order valence-corrected chi connectivity index (χ4v) is 4.39. The minimum atomic E-state index is 0.0512. The van der Waals surface area contributed by atoms with E-state index in [-0.39, 0.29) is 6.10 Å². The highest BCUT2D eigenvalue weighted by molar-refractivity contribution is 5.92. The van der Waals surface area contributed by atoms with Gasteiger partial charge in [-0.2, -0.15) is 5.10 Å². The highest BCUT2D eigenvalue weighted by Crippen LogP contribution is 2.37. The lowest BCUT2D eigenvalue weighted by molar-refractivity contribution is 0.0915. The molecule has 27 heavy (non-hydrogen) atoms. The van der Waals surface area contributed by atoms with E-state index in [0.717, 1.165) is 36.5 Å². The molecule has 6 heteroatoms. The maximum Gasteiger partial charge on any atom is 0.193 e. The number of fused-ring (bicyclic) bond motifs is 1. The molecule has 1 aromatic heterocycles. The Morgan fingerprint density at radius 3 is 2.93 bits per heavy atom. The molecular weight excluding hydrogens is 338 g/mol. The molecule has 1 aliphatic heterocycles. The molecular formula is C21H29N5O. The quantitative estimate of drug-likeness (QED) is 0.643. The third-order valence-electron chi connectivity index (χ3n) is 5.93. The SMILES string of the molecule is Cc1nn(C)c(C)c1[C@@H]1OCC[C@H]1CN=C(N)Nc1ccc2c(c1)CCC2. The topological polar surface area (TPSA) is 77.5 Å². The third kappa shape index (κ3) is 3.58. The monoisotopic (exact) mass is 367 g/mol. The predicted molar refractivity (Wildman–Crippen MR) is 108 cm³/mol. The lowest BCUT2D eigenvalue weighted by Gasteiger charge is -2.18. The minimum Gasteiger partial charge on any atom is -0.373 e. The number of nitrogens with two attached hydrogens (primary N) is 1. The molecule has 0 amide bonds. The van der Waals surface area contributed by atoms with Crippen molar-refractivity contribution < 1.29 is 4.74 Å². The maximum atomic E-state index is 6.16. The van der Waals surface area contributed by atoms with Gasteiger partial charge in [0.2, 0.25) is 0 Å². The molecule has 6 nitrogen and oxygen atoms in total. The van der Waals surface area contributed by atoms with Crippen molar-refractivity contribution in [3.05, 3.63) is 46.3 Å². The first-order chi connectivity index (χ1) is 13.0. The molecule has 2 atom stereocenters. The normalized spacial score (nSPS) is 22.3. The van der Waals surface area contributed by atoms with Gasteiger partial charge in [-0.3, -0.25) is 9.67 Å². The molecule has 0 saturated carbocycles. The molecule has 2 aromatic rings. The number of nitrogens with zero attached hydrogens (tertiary/aromatic N) is 3. The summed E-state index contributed by atoms with van der Waals surface area (Å²) < 4.78 is 7.97. The van der Waals surface area contributed by atoms with Gasteiger partial charge >= 0.3 is 0 Å². The number of guanidine groups is 1. The van der Waals surface area contributed by atoms with Crippen molar-refractivity contribution in [2.24, 2.45) is 23.7 Å². The second-order valence-electron chi connectivity index (χ2n) is 7.74. The molecule has 1 aromatic carbocycles. The summed E-state index contributed by atoms with van der Waals surface area (Å²) in [5.41, 5.74) is 13.5. The lowest BCUT2D eigenvalue weighted by atomic mass is 9.94. The van der Waals surface area contributed by atoms with Gasteiger partial charge in [-0.25, -0.2) is 0 Å². The number of rotatable bonds is 4. The zero-order valence-corrected chi connectivity index (χ0v) is 16.5. The molecule has 1 aliphatic carbocycles. The van der Waals surface area contributed by atoms with Crippen LogP contribution < -0.4 is 11.1 Å². The molecule has 0 bridgehead atoms. The second-order valence-corrected chi connectivity index (χ2v) is 7.74. The van der Waals surface area contributed by atoms with E-state index >= 15 is 0 Å². The van der Waals surface area contributed by atoms with Gasteiger partial charge in [0.05, 0.1) is 11.8 Å². The summed E-state index contributed by atoms with van der Waals surface area (Å²) in [6.45, 7) is 5.56. The fourth-order valence-electron chi connectivity index (χ4n) is 4.39. The van der Waals surface area contributed by atoms with E-state index < -0.39 is 0 Å². The standard InChI is InChI=1S/C21H29N5O/c1-13-19(14(2)26(3)25-13)20-17(9-10-27-20)12-23-21(22)24-18-8-7-15-5-4-6-16(15)11-18/h7-8,11,17,20H,4-6,9-10,12H2,1-3H3,(H3,22,23,24)/t17-,20+/m0/s1. The van der Waals surface area contributed by atoms with Gasteiger partial charge < -0.3 is 15.8 Å². The first kappa shape index (κ1) is 18.0. The number of anilines is 1. The molecule has 2 heterocycles. The summed E-state index contributed by atoms with van der Waals surface area (Å²) >= 11 is 0. The first-order valence-corrected chi connectivity index (χ1v) is 9.83. The Hall–Kier alpha value is -2.34. The van der Waals surface area contributed by atoms with E-state index in [2.05, 4.69) is 40.5 Å². The molecule has 3 N–H and O–H groups in total. The van der Waals surface area contributed by atoms with Crippen molar-refractivity contribution >= 4 is 11.6 Å². The molecule has 0 radical (unpaired) electrons. The molecule has 4 rings (SSSR count). The number of hydrogen-bond donors (Lipinski definition) is 2.